The van der Waals surface area contributed by atoms with Crippen molar-refractivity contribution in [2.75, 3.05) is 39.6 Å². The molecule has 3 aromatic rings. The number of benzene rings is 3. The van der Waals surface area contributed by atoms with Gasteiger partial charge in [0.2, 0.25) is 0 Å². The SMILES string of the molecule is CC(=O)c1cc(C2(C)c3cc(Br)ccc3-c3cc(C)c(Br)cc32)ccc1COCCOCCOCCO. The fraction of sp³-hybridized carbons (Fsp3) is 0.367. The van der Waals surface area contributed by atoms with Gasteiger partial charge in [-0.05, 0) is 90.0 Å². The highest BCUT2D eigenvalue weighted by Gasteiger charge is 2.41. The number of aliphatic hydroxyl groups excluding tert-OH is 1. The van der Waals surface area contributed by atoms with Crippen LogP contribution in [0.15, 0.2) is 57.5 Å². The Bertz CT molecular complexity index is 1290. The maximum absolute atomic E-state index is 12.7. The molecule has 1 aliphatic carbocycles. The number of carbonyl (C=O) groups is 1. The summed E-state index contributed by atoms with van der Waals surface area (Å²) in [6.07, 6.45) is 0. The molecule has 4 rings (SSSR count). The normalized spacial score (nSPS) is 16.1. The summed E-state index contributed by atoms with van der Waals surface area (Å²) in [5.74, 6) is 0.0131. The lowest BCUT2D eigenvalue weighted by Gasteiger charge is -2.29. The molecule has 3 aromatic carbocycles. The van der Waals surface area contributed by atoms with Crippen molar-refractivity contribution in [1.82, 2.24) is 0 Å². The van der Waals surface area contributed by atoms with Crippen LogP contribution in [0.3, 0.4) is 0 Å². The Morgan fingerprint density at radius 2 is 1.54 bits per heavy atom. The van der Waals surface area contributed by atoms with Gasteiger partial charge >= 0.3 is 0 Å². The molecule has 0 fully saturated rings. The van der Waals surface area contributed by atoms with Crippen LogP contribution in [0, 0.1) is 6.92 Å². The van der Waals surface area contributed by atoms with E-state index in [1.165, 1.54) is 27.8 Å². The Hall–Kier alpha value is -1.87. The molecule has 0 bridgehead atoms. The van der Waals surface area contributed by atoms with Crippen molar-refractivity contribution in [3.63, 3.8) is 0 Å². The molecule has 37 heavy (non-hydrogen) atoms. The Morgan fingerprint density at radius 3 is 2.24 bits per heavy atom. The van der Waals surface area contributed by atoms with Gasteiger partial charge in [0.15, 0.2) is 5.78 Å². The predicted octanol–water partition coefficient (Wildman–Crippen LogP) is 6.60. The molecule has 7 heteroatoms. The molecule has 0 aromatic heterocycles. The molecular formula is C30H32Br2O5. The summed E-state index contributed by atoms with van der Waals surface area (Å²) in [5.41, 5.74) is 8.26. The highest BCUT2D eigenvalue weighted by atomic mass is 79.9. The number of hydrogen-bond donors (Lipinski definition) is 1. The number of halogens is 2. The Labute approximate surface area is 235 Å². The third kappa shape index (κ3) is 5.92. The number of fused-ring (bicyclic) bond motifs is 3. The van der Waals surface area contributed by atoms with Crippen molar-refractivity contribution in [1.29, 1.82) is 0 Å². The summed E-state index contributed by atoms with van der Waals surface area (Å²) >= 11 is 7.40. The van der Waals surface area contributed by atoms with Gasteiger partial charge in [-0.1, -0.05) is 50.1 Å². The molecule has 0 saturated heterocycles. The van der Waals surface area contributed by atoms with Gasteiger partial charge in [-0.2, -0.15) is 0 Å². The molecule has 1 unspecified atom stereocenters. The molecule has 0 aliphatic heterocycles. The van der Waals surface area contributed by atoms with Crippen LogP contribution in [0.25, 0.3) is 11.1 Å². The number of Topliss-reactive ketones (excluding diaryl/α,β-unsaturated/α-hetero) is 1. The maximum Gasteiger partial charge on any atom is 0.160 e. The number of rotatable bonds is 12. The number of aryl methyl sites for hydroxylation is 1. The van der Waals surface area contributed by atoms with Gasteiger partial charge < -0.3 is 19.3 Å². The minimum atomic E-state index is -0.416. The zero-order valence-corrected chi connectivity index (χ0v) is 24.6. The summed E-state index contributed by atoms with van der Waals surface area (Å²) in [5, 5.41) is 8.71. The first-order chi connectivity index (χ1) is 17.8. The van der Waals surface area contributed by atoms with Crippen LogP contribution in [0.1, 0.15) is 52.0 Å². The van der Waals surface area contributed by atoms with E-state index in [9.17, 15) is 4.79 Å². The van der Waals surface area contributed by atoms with Gasteiger partial charge in [0.05, 0.1) is 46.2 Å². The number of ether oxygens (including phenoxy) is 3. The molecule has 0 saturated carbocycles. The van der Waals surface area contributed by atoms with Crippen molar-refractivity contribution in [2.45, 2.75) is 32.8 Å². The molecule has 196 valence electrons. The molecule has 1 atom stereocenters. The van der Waals surface area contributed by atoms with Crippen LogP contribution in [0.4, 0.5) is 0 Å². The monoisotopic (exact) mass is 630 g/mol. The first-order valence-corrected chi connectivity index (χ1v) is 14.0. The minimum Gasteiger partial charge on any atom is -0.394 e. The van der Waals surface area contributed by atoms with E-state index in [0.29, 0.717) is 45.2 Å². The summed E-state index contributed by atoms with van der Waals surface area (Å²) in [4.78, 5) is 12.7. The summed E-state index contributed by atoms with van der Waals surface area (Å²) in [6, 6.07) is 17.1. The average molecular weight is 632 g/mol. The smallest absolute Gasteiger partial charge is 0.160 e. The second kappa shape index (κ2) is 12.3. The molecule has 0 spiro atoms. The fourth-order valence-corrected chi connectivity index (χ4v) is 5.67. The molecular weight excluding hydrogens is 600 g/mol. The van der Waals surface area contributed by atoms with E-state index in [1.54, 1.807) is 6.92 Å². The van der Waals surface area contributed by atoms with E-state index in [0.717, 1.165) is 20.1 Å². The molecule has 1 aliphatic rings. The lowest BCUT2D eigenvalue weighted by atomic mass is 9.73. The third-order valence-electron chi connectivity index (χ3n) is 6.95. The van der Waals surface area contributed by atoms with Crippen LogP contribution < -0.4 is 0 Å². The van der Waals surface area contributed by atoms with E-state index in [1.807, 2.05) is 12.1 Å². The van der Waals surface area contributed by atoms with Crippen LogP contribution in [0.2, 0.25) is 0 Å². The van der Waals surface area contributed by atoms with E-state index in [-0.39, 0.29) is 12.4 Å². The average Bonchev–Trinajstić information content (AvgIpc) is 3.11. The number of hydrogen-bond acceptors (Lipinski definition) is 5. The molecule has 5 nitrogen and oxygen atoms in total. The third-order valence-corrected chi connectivity index (χ3v) is 8.30. The van der Waals surface area contributed by atoms with E-state index in [2.05, 4.69) is 82.1 Å². The summed E-state index contributed by atoms with van der Waals surface area (Å²) in [6.45, 7) is 8.34. The van der Waals surface area contributed by atoms with Crippen molar-refractivity contribution in [2.24, 2.45) is 0 Å². The number of carbonyl (C=O) groups excluding carboxylic acids is 1. The van der Waals surface area contributed by atoms with Crippen LogP contribution >= 0.6 is 31.9 Å². The lowest BCUT2D eigenvalue weighted by Crippen LogP contribution is -2.23. The van der Waals surface area contributed by atoms with Crippen LogP contribution in [0.5, 0.6) is 0 Å². The van der Waals surface area contributed by atoms with E-state index in [4.69, 9.17) is 19.3 Å². The molecule has 1 N–H and O–H groups in total. The highest BCUT2D eigenvalue weighted by molar-refractivity contribution is 9.10. The van der Waals surface area contributed by atoms with Gasteiger partial charge in [-0.15, -0.1) is 0 Å². The molecule has 0 radical (unpaired) electrons. The second-order valence-electron chi connectivity index (χ2n) is 9.39. The van der Waals surface area contributed by atoms with Gasteiger partial charge in [0, 0.05) is 19.9 Å². The summed E-state index contributed by atoms with van der Waals surface area (Å²) < 4.78 is 18.6. The van der Waals surface area contributed by atoms with Crippen molar-refractivity contribution >= 4 is 37.6 Å². The van der Waals surface area contributed by atoms with Gasteiger partial charge in [-0.3, -0.25) is 4.79 Å². The zero-order chi connectivity index (χ0) is 26.6. The Morgan fingerprint density at radius 1 is 0.865 bits per heavy atom. The van der Waals surface area contributed by atoms with Crippen molar-refractivity contribution in [3.05, 3.63) is 90.9 Å². The second-order valence-corrected chi connectivity index (χ2v) is 11.2. The number of aliphatic hydroxyl groups is 1. The standard InChI is InChI=1S/C30H32Br2O5/c1-19-14-26-24-7-6-23(31)16-27(24)30(3,28(26)17-29(19)32)22-5-4-21(25(15-22)20(2)34)18-37-13-12-36-11-10-35-9-8-33/h4-7,14-17,33H,8-13,18H2,1-3H3. The lowest BCUT2D eigenvalue weighted by molar-refractivity contribution is 0.00443. The highest BCUT2D eigenvalue weighted by Crippen LogP contribution is 2.54. The van der Waals surface area contributed by atoms with E-state index < -0.39 is 5.41 Å². The van der Waals surface area contributed by atoms with Crippen molar-refractivity contribution in [3.8, 4) is 11.1 Å². The van der Waals surface area contributed by atoms with Gasteiger partial charge in [-0.25, -0.2) is 0 Å². The predicted molar refractivity (Wildman–Crippen MR) is 152 cm³/mol. The van der Waals surface area contributed by atoms with Gasteiger partial charge in [0.1, 0.15) is 0 Å². The Kier molecular flexibility index (Phi) is 9.38. The molecule has 0 heterocycles. The topological polar surface area (TPSA) is 65.0 Å². The quantitative estimate of drug-likeness (QED) is 0.180. The minimum absolute atomic E-state index is 0.00726. The first kappa shape index (κ1) is 28.1. The van der Waals surface area contributed by atoms with E-state index >= 15 is 0 Å². The molecule has 0 amide bonds. The van der Waals surface area contributed by atoms with Crippen molar-refractivity contribution < 1.29 is 24.1 Å². The summed E-state index contributed by atoms with van der Waals surface area (Å²) in [7, 11) is 0. The van der Waals surface area contributed by atoms with Crippen LogP contribution in [-0.2, 0) is 26.2 Å². The Balaban J connectivity index is 1.58. The van der Waals surface area contributed by atoms with Gasteiger partial charge in [0.25, 0.3) is 0 Å². The zero-order valence-electron chi connectivity index (χ0n) is 21.4. The van der Waals surface area contributed by atoms with Crippen LogP contribution in [-0.4, -0.2) is 50.5 Å². The number of ketones is 1. The largest absolute Gasteiger partial charge is 0.394 e. The fourth-order valence-electron chi connectivity index (χ4n) is 4.97. The maximum atomic E-state index is 12.7. The first-order valence-electron chi connectivity index (χ1n) is 12.4.